The first-order valence-electron chi connectivity index (χ1n) is 10.9. The number of benzene rings is 2. The van der Waals surface area contributed by atoms with Crippen molar-refractivity contribution in [1.29, 1.82) is 0 Å². The van der Waals surface area contributed by atoms with Crippen LogP contribution in [-0.2, 0) is 9.59 Å². The molecule has 2 heterocycles. The molecule has 6 heteroatoms. The van der Waals surface area contributed by atoms with Crippen LogP contribution in [0.2, 0.25) is 0 Å². The summed E-state index contributed by atoms with van der Waals surface area (Å²) in [6.45, 7) is 10.7. The highest BCUT2D eigenvalue weighted by atomic mass is 16.5. The number of methoxy groups -OCH3 is 1. The van der Waals surface area contributed by atoms with E-state index in [0.29, 0.717) is 24.4 Å². The molecule has 0 unspecified atom stereocenters. The Balaban J connectivity index is 1.66. The first kappa shape index (κ1) is 21.7. The van der Waals surface area contributed by atoms with Gasteiger partial charge in [-0.3, -0.25) is 14.5 Å². The summed E-state index contributed by atoms with van der Waals surface area (Å²) in [4.78, 5) is 32.2. The minimum Gasteiger partial charge on any atom is -0.495 e. The van der Waals surface area contributed by atoms with Gasteiger partial charge in [0, 0.05) is 32.7 Å². The minimum atomic E-state index is -0.250. The number of anilines is 1. The van der Waals surface area contributed by atoms with Crippen molar-refractivity contribution >= 4 is 23.1 Å². The predicted octanol–water partition coefficient (Wildman–Crippen LogP) is 3.40. The van der Waals surface area contributed by atoms with E-state index in [1.807, 2.05) is 56.3 Å². The standard InChI is InChI=1S/C26H29N3O3/c1-5-12-29-25(30)23(20-11-10-18(2)19(3)17-20)24(26(29)31)28-15-13-27(14-16-28)21-8-6-7-9-22(21)32-4/h5-11,17H,1,12-16H2,2-4H3. The molecule has 0 bridgehead atoms. The Bertz CT molecular complexity index is 1100. The summed E-state index contributed by atoms with van der Waals surface area (Å²) in [6.07, 6.45) is 1.59. The number of para-hydroxylation sites is 2. The summed E-state index contributed by atoms with van der Waals surface area (Å²) in [7, 11) is 1.67. The second-order valence-electron chi connectivity index (χ2n) is 8.18. The lowest BCUT2D eigenvalue weighted by molar-refractivity contribution is -0.136. The zero-order chi connectivity index (χ0) is 22.8. The van der Waals surface area contributed by atoms with Crippen LogP contribution in [0.3, 0.4) is 0 Å². The number of amides is 2. The molecule has 1 saturated heterocycles. The van der Waals surface area contributed by atoms with Gasteiger partial charge in [0.2, 0.25) is 0 Å². The number of rotatable bonds is 6. The van der Waals surface area contributed by atoms with Gasteiger partial charge < -0.3 is 14.5 Å². The normalized spacial score (nSPS) is 16.8. The third-order valence-corrected chi connectivity index (χ3v) is 6.27. The summed E-state index contributed by atoms with van der Waals surface area (Å²) in [5.41, 5.74) is 5.07. The van der Waals surface area contributed by atoms with Crippen LogP contribution < -0.4 is 9.64 Å². The summed E-state index contributed by atoms with van der Waals surface area (Å²) in [5.74, 6) is 0.342. The highest BCUT2D eigenvalue weighted by Crippen LogP contribution is 2.34. The molecular weight excluding hydrogens is 402 g/mol. The van der Waals surface area contributed by atoms with Crippen molar-refractivity contribution in [2.75, 3.05) is 44.7 Å². The molecule has 0 aliphatic carbocycles. The Hall–Kier alpha value is -3.54. The Labute approximate surface area is 189 Å². The van der Waals surface area contributed by atoms with Crippen LogP contribution in [0.4, 0.5) is 5.69 Å². The number of carbonyl (C=O) groups excluding carboxylic acids is 2. The second-order valence-corrected chi connectivity index (χ2v) is 8.18. The molecule has 0 aromatic heterocycles. The second kappa shape index (κ2) is 8.91. The monoisotopic (exact) mass is 431 g/mol. The number of imide groups is 1. The predicted molar refractivity (Wildman–Crippen MR) is 127 cm³/mol. The fourth-order valence-corrected chi connectivity index (χ4v) is 4.37. The quantitative estimate of drug-likeness (QED) is 0.518. The summed E-state index contributed by atoms with van der Waals surface area (Å²) in [5, 5.41) is 0. The Kier molecular flexibility index (Phi) is 6.04. The molecule has 6 nitrogen and oxygen atoms in total. The molecule has 2 aromatic carbocycles. The van der Waals surface area contributed by atoms with E-state index in [0.717, 1.165) is 41.2 Å². The number of aryl methyl sites for hydroxylation is 2. The van der Waals surface area contributed by atoms with E-state index in [4.69, 9.17) is 4.74 Å². The van der Waals surface area contributed by atoms with E-state index in [9.17, 15) is 9.59 Å². The SMILES string of the molecule is C=CCN1C(=O)C(c2ccc(C)c(C)c2)=C(N2CCN(c3ccccc3OC)CC2)C1=O. The van der Waals surface area contributed by atoms with E-state index < -0.39 is 0 Å². The van der Waals surface area contributed by atoms with Gasteiger partial charge in [0.05, 0.1) is 18.4 Å². The lowest BCUT2D eigenvalue weighted by atomic mass is 9.99. The Morgan fingerprint density at radius 3 is 2.28 bits per heavy atom. The molecule has 4 rings (SSSR count). The van der Waals surface area contributed by atoms with Gasteiger partial charge in [-0.15, -0.1) is 6.58 Å². The van der Waals surface area contributed by atoms with Crippen LogP contribution in [-0.4, -0.2) is 61.4 Å². The number of hydrogen-bond acceptors (Lipinski definition) is 5. The van der Waals surface area contributed by atoms with Crippen molar-refractivity contribution in [3.05, 3.63) is 77.5 Å². The van der Waals surface area contributed by atoms with Gasteiger partial charge >= 0.3 is 0 Å². The molecule has 0 N–H and O–H groups in total. The van der Waals surface area contributed by atoms with Crippen molar-refractivity contribution in [3.63, 3.8) is 0 Å². The first-order valence-corrected chi connectivity index (χ1v) is 10.9. The Morgan fingerprint density at radius 2 is 1.62 bits per heavy atom. The number of hydrogen-bond donors (Lipinski definition) is 0. The van der Waals surface area contributed by atoms with Crippen LogP contribution in [0.15, 0.2) is 60.8 Å². The van der Waals surface area contributed by atoms with Gasteiger partial charge in [-0.1, -0.05) is 36.4 Å². The van der Waals surface area contributed by atoms with Crippen LogP contribution in [0.25, 0.3) is 5.57 Å². The van der Waals surface area contributed by atoms with Crippen molar-refractivity contribution in [1.82, 2.24) is 9.80 Å². The lowest BCUT2D eigenvalue weighted by Gasteiger charge is -2.38. The molecule has 2 aliphatic rings. The number of nitrogens with zero attached hydrogens (tertiary/aromatic N) is 3. The van der Waals surface area contributed by atoms with Crippen molar-refractivity contribution in [3.8, 4) is 5.75 Å². The van der Waals surface area contributed by atoms with Crippen molar-refractivity contribution in [2.45, 2.75) is 13.8 Å². The third-order valence-electron chi connectivity index (χ3n) is 6.27. The zero-order valence-corrected chi connectivity index (χ0v) is 18.9. The van der Waals surface area contributed by atoms with E-state index in [1.54, 1.807) is 13.2 Å². The fraction of sp³-hybridized carbons (Fsp3) is 0.308. The average Bonchev–Trinajstić information content (AvgIpc) is 3.06. The highest BCUT2D eigenvalue weighted by Gasteiger charge is 2.41. The number of carbonyl (C=O) groups is 2. The van der Waals surface area contributed by atoms with Crippen LogP contribution in [0, 0.1) is 13.8 Å². The number of ether oxygens (including phenoxy) is 1. The molecule has 2 aliphatic heterocycles. The van der Waals surface area contributed by atoms with Gasteiger partial charge in [0.25, 0.3) is 11.8 Å². The molecule has 0 saturated carbocycles. The van der Waals surface area contributed by atoms with E-state index in [2.05, 4.69) is 16.4 Å². The molecule has 0 radical (unpaired) electrons. The van der Waals surface area contributed by atoms with Gasteiger partial charge in [-0.05, 0) is 42.7 Å². The van der Waals surface area contributed by atoms with Gasteiger partial charge in [0.1, 0.15) is 11.4 Å². The summed E-state index contributed by atoms with van der Waals surface area (Å²) < 4.78 is 5.51. The van der Waals surface area contributed by atoms with E-state index >= 15 is 0 Å². The molecule has 166 valence electrons. The molecule has 0 atom stereocenters. The smallest absolute Gasteiger partial charge is 0.278 e. The van der Waals surface area contributed by atoms with Crippen molar-refractivity contribution in [2.24, 2.45) is 0 Å². The minimum absolute atomic E-state index is 0.205. The molecule has 2 aromatic rings. The van der Waals surface area contributed by atoms with Crippen LogP contribution in [0.1, 0.15) is 16.7 Å². The largest absolute Gasteiger partial charge is 0.495 e. The summed E-state index contributed by atoms with van der Waals surface area (Å²) >= 11 is 0. The summed E-state index contributed by atoms with van der Waals surface area (Å²) in [6, 6.07) is 13.9. The van der Waals surface area contributed by atoms with Crippen LogP contribution >= 0.6 is 0 Å². The van der Waals surface area contributed by atoms with Gasteiger partial charge in [0.15, 0.2) is 0 Å². The van der Waals surface area contributed by atoms with E-state index in [1.165, 1.54) is 4.90 Å². The maximum Gasteiger partial charge on any atom is 0.278 e. The first-order chi connectivity index (χ1) is 15.5. The Morgan fingerprint density at radius 1 is 0.938 bits per heavy atom. The molecular formula is C26H29N3O3. The molecule has 32 heavy (non-hydrogen) atoms. The van der Waals surface area contributed by atoms with Crippen LogP contribution in [0.5, 0.6) is 5.75 Å². The lowest BCUT2D eigenvalue weighted by Crippen LogP contribution is -2.47. The topological polar surface area (TPSA) is 53.1 Å². The maximum atomic E-state index is 13.3. The fourth-order valence-electron chi connectivity index (χ4n) is 4.37. The number of piperazine rings is 1. The van der Waals surface area contributed by atoms with Crippen molar-refractivity contribution < 1.29 is 14.3 Å². The van der Waals surface area contributed by atoms with Gasteiger partial charge in [-0.25, -0.2) is 0 Å². The van der Waals surface area contributed by atoms with Gasteiger partial charge in [-0.2, -0.15) is 0 Å². The zero-order valence-electron chi connectivity index (χ0n) is 18.9. The molecule has 2 amide bonds. The molecule has 0 spiro atoms. The highest BCUT2D eigenvalue weighted by molar-refractivity contribution is 6.35. The average molecular weight is 432 g/mol. The molecule has 1 fully saturated rings. The van der Waals surface area contributed by atoms with E-state index in [-0.39, 0.29) is 18.4 Å². The third kappa shape index (κ3) is 3.77. The maximum absolute atomic E-state index is 13.3.